The molecule has 0 saturated carbocycles. The second-order valence-corrected chi connectivity index (χ2v) is 22.2. The maximum atomic E-state index is 14.5. The third-order valence-corrected chi connectivity index (χ3v) is 15.6. The fourth-order valence-corrected chi connectivity index (χ4v) is 11.0. The van der Waals surface area contributed by atoms with Gasteiger partial charge >= 0.3 is 5.97 Å². The Hall–Kier alpha value is -4.35. The molecule has 0 bridgehead atoms. The molecule has 26 heteroatoms. The van der Waals surface area contributed by atoms with Gasteiger partial charge in [-0.2, -0.15) is 8.78 Å². The number of quaternary nitrogens is 1. The number of ether oxygens (including phenoxy) is 3. The second kappa shape index (κ2) is 20.9. The summed E-state index contributed by atoms with van der Waals surface area (Å²) in [6.45, 7) is 4.35. The predicted octanol–water partition coefficient (Wildman–Crippen LogP) is 3.50. The molecule has 2 aliphatic heterocycles. The van der Waals surface area contributed by atoms with E-state index in [-0.39, 0.29) is 58.4 Å². The van der Waals surface area contributed by atoms with Gasteiger partial charge < -0.3 is 37.3 Å². The van der Waals surface area contributed by atoms with E-state index >= 15 is 0 Å². The van der Waals surface area contributed by atoms with Gasteiger partial charge in [-0.3, -0.25) is 9.69 Å². The minimum atomic E-state index is -6.00. The van der Waals surface area contributed by atoms with Crippen molar-refractivity contribution < 1.29 is 93.3 Å². The number of anilines is 1. The van der Waals surface area contributed by atoms with Crippen LogP contribution in [0.3, 0.4) is 0 Å². The standard InChI is InChI=1S/C42H50F4N2O16S4/c1-41(17-9-23-65(50,51)52)28-24-26(66(53,54)55)14-16-31(28)48(20-22-63-4)32(41)10-8-11-33-42(2,18-21-62-3)29-25-27(67(56,57)58)13-15-30(29)47(33)19-7-5-6-12-34(49)64-39-35(43)37(45)40(68(59,60)61)38(46)36(39)44/h8,10-11,13-16,24-25,33H,5-7,9,12,17-23H2,1-4H3,(H,50,51,52)(H,53,54,55)(H,56,57,58)(H,59,60,61)/p-3/b11-8+,32-10+. The van der Waals surface area contributed by atoms with E-state index in [1.807, 2.05) is 17.9 Å². The molecule has 3 aromatic rings. The number of nitrogens with zero attached hydrogens (tertiary/aromatic N) is 1. The van der Waals surface area contributed by atoms with Crippen molar-refractivity contribution in [3.05, 3.63) is 94.7 Å². The largest absolute Gasteiger partial charge is 0.748 e. The Balaban J connectivity index is 1.50. The number of esters is 1. The molecule has 4 atom stereocenters. The fourth-order valence-electron chi connectivity index (χ4n) is 8.93. The summed E-state index contributed by atoms with van der Waals surface area (Å²) in [4.78, 5) is 11.7. The van der Waals surface area contributed by atoms with Gasteiger partial charge in [0.1, 0.15) is 47.0 Å². The van der Waals surface area contributed by atoms with Crippen LogP contribution in [0.25, 0.3) is 0 Å². The van der Waals surface area contributed by atoms with Crippen LogP contribution >= 0.6 is 0 Å². The lowest BCUT2D eigenvalue weighted by Crippen LogP contribution is -3.10. The first-order chi connectivity index (χ1) is 31.5. The highest BCUT2D eigenvalue weighted by Gasteiger charge is 2.51. The van der Waals surface area contributed by atoms with Crippen molar-refractivity contribution in [1.82, 2.24) is 0 Å². The average Bonchev–Trinajstić information content (AvgIpc) is 3.60. The SMILES string of the molecule is COCCN1/C(=C/C=C/C2[NH+](CCCCCC(=O)Oc3c(F)c(F)c(S(=O)(=O)[O-])c(F)c3F)c3ccc(S(=O)(=O)[O-])cc3C2(C)CCOC)C(C)(CCCS(=O)(=O)[O-])c2cc(S(=O)(=O)[O-])ccc21. The number of benzene rings is 3. The van der Waals surface area contributed by atoms with Gasteiger partial charge in [0.2, 0.25) is 17.4 Å². The van der Waals surface area contributed by atoms with Crippen molar-refractivity contribution in [2.24, 2.45) is 0 Å². The lowest BCUT2D eigenvalue weighted by atomic mass is 9.75. The molecule has 0 saturated heterocycles. The van der Waals surface area contributed by atoms with E-state index in [0.29, 0.717) is 34.6 Å². The van der Waals surface area contributed by atoms with Crippen LogP contribution in [-0.2, 0) is 65.6 Å². The van der Waals surface area contributed by atoms with Gasteiger partial charge in [0.25, 0.3) is 0 Å². The summed E-state index contributed by atoms with van der Waals surface area (Å²) >= 11 is 0. The minimum absolute atomic E-state index is 0.0133. The zero-order chi connectivity index (χ0) is 50.8. The summed E-state index contributed by atoms with van der Waals surface area (Å²) in [7, 11) is -17.6. The summed E-state index contributed by atoms with van der Waals surface area (Å²) in [6.07, 6.45) is 5.35. The van der Waals surface area contributed by atoms with Crippen LogP contribution in [-0.4, -0.2) is 110 Å². The maximum absolute atomic E-state index is 14.5. The van der Waals surface area contributed by atoms with Crippen molar-refractivity contribution in [3.8, 4) is 5.75 Å². The van der Waals surface area contributed by atoms with Crippen molar-refractivity contribution in [3.63, 3.8) is 0 Å². The summed E-state index contributed by atoms with van der Waals surface area (Å²) in [5, 5.41) is 0. The molecule has 68 heavy (non-hydrogen) atoms. The molecule has 5 rings (SSSR count). The lowest BCUT2D eigenvalue weighted by Gasteiger charge is -2.32. The third-order valence-electron chi connectivity index (χ3n) is 12.2. The van der Waals surface area contributed by atoms with Crippen molar-refractivity contribution in [1.29, 1.82) is 0 Å². The molecule has 0 fully saturated rings. The monoisotopic (exact) mass is 1040 g/mol. The number of halogens is 4. The topological polar surface area (TPSA) is 281 Å². The van der Waals surface area contributed by atoms with Crippen molar-refractivity contribution in [2.45, 2.75) is 90.4 Å². The molecule has 0 aromatic heterocycles. The molecule has 3 aromatic carbocycles. The van der Waals surface area contributed by atoms with Crippen LogP contribution in [0.4, 0.5) is 28.9 Å². The minimum Gasteiger partial charge on any atom is -0.748 e. The molecule has 0 radical (unpaired) electrons. The predicted molar refractivity (Wildman–Crippen MR) is 228 cm³/mol. The Kier molecular flexibility index (Phi) is 16.8. The molecule has 0 spiro atoms. The van der Waals surface area contributed by atoms with E-state index in [4.69, 9.17) is 9.47 Å². The van der Waals surface area contributed by atoms with E-state index < -0.39 is 119 Å². The van der Waals surface area contributed by atoms with Crippen LogP contribution in [0.1, 0.15) is 69.9 Å². The fraction of sp³-hybridized carbons (Fsp3) is 0.452. The smallest absolute Gasteiger partial charge is 0.311 e. The Morgan fingerprint density at radius 1 is 0.750 bits per heavy atom. The second-order valence-electron chi connectivity index (χ2n) is 16.6. The van der Waals surface area contributed by atoms with Gasteiger partial charge in [0.05, 0.1) is 38.5 Å². The van der Waals surface area contributed by atoms with Crippen LogP contribution in [0, 0.1) is 23.3 Å². The summed E-state index contributed by atoms with van der Waals surface area (Å²) < 4.78 is 215. The average molecular weight is 1040 g/mol. The van der Waals surface area contributed by atoms with Crippen LogP contribution < -0.4 is 14.5 Å². The Bertz CT molecular complexity index is 2930. The Labute approximate surface area is 391 Å². The van der Waals surface area contributed by atoms with Gasteiger partial charge in [0, 0.05) is 68.0 Å². The molecule has 18 nitrogen and oxygen atoms in total. The van der Waals surface area contributed by atoms with Gasteiger partial charge in [-0.25, -0.2) is 42.5 Å². The highest BCUT2D eigenvalue weighted by molar-refractivity contribution is 7.86. The Morgan fingerprint density at radius 2 is 1.34 bits per heavy atom. The molecule has 0 aliphatic carbocycles. The first-order valence-electron chi connectivity index (χ1n) is 20.7. The van der Waals surface area contributed by atoms with E-state index in [1.165, 1.54) is 38.5 Å². The molecule has 0 amide bonds. The van der Waals surface area contributed by atoms with E-state index in [0.717, 1.165) is 17.0 Å². The highest BCUT2D eigenvalue weighted by atomic mass is 32.2. The summed E-state index contributed by atoms with van der Waals surface area (Å²) in [6, 6.07) is 7.20. The first kappa shape index (κ1) is 54.6. The number of nitrogens with one attached hydrogen (secondary N) is 1. The maximum Gasteiger partial charge on any atom is 0.311 e. The number of methoxy groups -OCH3 is 2. The number of fused-ring (bicyclic) bond motifs is 2. The quantitative estimate of drug-likeness (QED) is 0.0376. The zero-order valence-electron chi connectivity index (χ0n) is 36.9. The number of carbonyl (C=O) groups excluding carboxylic acids is 1. The van der Waals surface area contributed by atoms with Gasteiger partial charge in [-0.1, -0.05) is 6.08 Å². The van der Waals surface area contributed by atoms with Crippen LogP contribution in [0.2, 0.25) is 0 Å². The molecular weight excluding hydrogens is 993 g/mol. The van der Waals surface area contributed by atoms with Crippen LogP contribution in [0.15, 0.2) is 75.0 Å². The van der Waals surface area contributed by atoms with Crippen LogP contribution in [0.5, 0.6) is 5.75 Å². The summed E-state index contributed by atoms with van der Waals surface area (Å²) in [5.41, 5.74) is 0.349. The molecule has 2 aliphatic rings. The molecule has 2 heterocycles. The van der Waals surface area contributed by atoms with Crippen molar-refractivity contribution in [2.75, 3.05) is 51.2 Å². The number of hydrogen-bond acceptors (Lipinski definition) is 17. The molecule has 1 N–H and O–H groups in total. The van der Waals surface area contributed by atoms with E-state index in [9.17, 15) is 74.2 Å². The van der Waals surface area contributed by atoms with Gasteiger partial charge in [-0.05, 0) is 100 Å². The molecule has 4 unspecified atom stereocenters. The molecular formula is C42H47F4N2O16S4-3. The number of allylic oxidation sites excluding steroid dienone is 3. The summed E-state index contributed by atoms with van der Waals surface area (Å²) in [5.74, 6) is -13.9. The molecule has 376 valence electrons. The van der Waals surface area contributed by atoms with Crippen molar-refractivity contribution >= 4 is 57.8 Å². The Morgan fingerprint density at radius 3 is 1.90 bits per heavy atom. The highest BCUT2D eigenvalue weighted by Crippen LogP contribution is 2.51. The number of unbranched alkanes of at least 4 members (excludes halogenated alkanes) is 2. The normalized spacial score (nSPS) is 21.5. The lowest BCUT2D eigenvalue weighted by molar-refractivity contribution is -0.851. The van der Waals surface area contributed by atoms with Gasteiger partial charge in [0.15, 0.2) is 11.6 Å². The first-order valence-corrected chi connectivity index (χ1v) is 26.5. The van der Waals surface area contributed by atoms with E-state index in [2.05, 4.69) is 4.74 Å². The van der Waals surface area contributed by atoms with Gasteiger partial charge in [-0.15, -0.1) is 0 Å². The number of hydrogen-bond donors (Lipinski definition) is 1. The third kappa shape index (κ3) is 11.8. The zero-order valence-corrected chi connectivity index (χ0v) is 40.1. The number of rotatable bonds is 22. The number of carbonyl (C=O) groups is 1. The van der Waals surface area contributed by atoms with E-state index in [1.54, 1.807) is 19.1 Å².